The van der Waals surface area contributed by atoms with E-state index in [9.17, 15) is 0 Å². The molecule has 0 heteroatoms. The van der Waals surface area contributed by atoms with Crippen molar-refractivity contribution in [2.75, 3.05) is 0 Å². The summed E-state index contributed by atoms with van der Waals surface area (Å²) < 4.78 is 0. The average molecular weight is 783 g/mol. The molecule has 62 heavy (non-hydrogen) atoms. The first-order valence-electron chi connectivity index (χ1n) is 22.3. The SMILES string of the molecule is C1=CC2C3=C(C=C4c5c(c(-c6ccccc6)c6cc7c8c(cccc8c6c5-c5ccccc5)-c5ccccc5-7)C(=C1)C42)CCC(c1ccc2c(c1)-c1cccc4cccc-2c14)=C3. The quantitative estimate of drug-likeness (QED) is 0.157. The van der Waals surface area contributed by atoms with Crippen molar-refractivity contribution in [3.05, 3.63) is 222 Å². The average Bonchev–Trinajstić information content (AvgIpc) is 3.96. The highest BCUT2D eigenvalue weighted by atomic mass is 14.5. The van der Waals surface area contributed by atoms with Crippen molar-refractivity contribution in [3.8, 4) is 66.8 Å². The molecule has 286 valence electrons. The van der Waals surface area contributed by atoms with Crippen LogP contribution in [0.2, 0.25) is 0 Å². The number of fused-ring (bicyclic) bond motifs is 12. The maximum atomic E-state index is 2.64. The standard InChI is InChI=1S/C62H38/c1-3-13-36(14-4-1)56-54-34-52-42-20-8-7-19-41(42)45-23-11-25-48(58(45)52)60(54)57(37-15-5-2-6-16-37)62-53-33-40-28-27-38(31-50(40)46-24-12-26-49(59(46)53)61(56)62)39-29-30-43-44-21-9-17-35-18-10-22-47(55(35)44)51(43)32-39/h1-26,29-34,46,59H,27-28H2. The molecule has 0 aromatic heterocycles. The second-order valence-corrected chi connectivity index (χ2v) is 18.1. The normalized spacial score (nSPS) is 18.0. The van der Waals surface area contributed by atoms with Gasteiger partial charge >= 0.3 is 0 Å². The largest absolute Gasteiger partial charge is 0.0760 e. The number of rotatable bonds is 3. The summed E-state index contributed by atoms with van der Waals surface area (Å²) >= 11 is 0. The predicted molar refractivity (Wildman–Crippen MR) is 261 cm³/mol. The third-order valence-electron chi connectivity index (χ3n) is 15.2. The zero-order chi connectivity index (χ0) is 40.2. The second-order valence-electron chi connectivity index (χ2n) is 18.1. The van der Waals surface area contributed by atoms with Crippen molar-refractivity contribution in [2.24, 2.45) is 11.8 Å². The van der Waals surface area contributed by atoms with Gasteiger partial charge < -0.3 is 0 Å². The Balaban J connectivity index is 0.996. The number of allylic oxidation sites excluding steroid dienone is 10. The summed E-state index contributed by atoms with van der Waals surface area (Å²) in [5, 5.41) is 8.15. The third kappa shape index (κ3) is 4.22. The molecule has 0 nitrogen and oxygen atoms in total. The molecular weight excluding hydrogens is 745 g/mol. The van der Waals surface area contributed by atoms with Crippen LogP contribution in [-0.4, -0.2) is 0 Å². The van der Waals surface area contributed by atoms with E-state index in [1.165, 1.54) is 144 Å². The Kier molecular flexibility index (Phi) is 6.46. The molecule has 9 aromatic carbocycles. The van der Waals surface area contributed by atoms with E-state index in [4.69, 9.17) is 0 Å². The fourth-order valence-corrected chi connectivity index (χ4v) is 12.8. The highest BCUT2D eigenvalue weighted by molar-refractivity contribution is 6.31. The maximum Gasteiger partial charge on any atom is 0.0206 e. The molecule has 0 saturated carbocycles. The molecule has 0 radical (unpaired) electrons. The van der Waals surface area contributed by atoms with Gasteiger partial charge in [-0.05, 0) is 169 Å². The molecule has 15 rings (SSSR count). The monoisotopic (exact) mass is 782 g/mol. The molecule has 0 spiro atoms. The van der Waals surface area contributed by atoms with E-state index in [1.54, 1.807) is 0 Å². The van der Waals surface area contributed by atoms with Crippen LogP contribution in [0.5, 0.6) is 0 Å². The van der Waals surface area contributed by atoms with Crippen LogP contribution in [0.15, 0.2) is 205 Å². The van der Waals surface area contributed by atoms with E-state index in [0.29, 0.717) is 0 Å². The zero-order valence-corrected chi connectivity index (χ0v) is 34.0. The first-order valence-corrected chi connectivity index (χ1v) is 22.3. The highest BCUT2D eigenvalue weighted by Gasteiger charge is 2.45. The molecule has 9 aromatic rings. The van der Waals surface area contributed by atoms with Crippen molar-refractivity contribution in [2.45, 2.75) is 12.8 Å². The molecule has 0 fully saturated rings. The predicted octanol–water partition coefficient (Wildman–Crippen LogP) is 16.5. The first-order chi connectivity index (χ1) is 30.8. The third-order valence-corrected chi connectivity index (χ3v) is 15.2. The molecule has 0 saturated heterocycles. The molecule has 0 heterocycles. The van der Waals surface area contributed by atoms with Gasteiger partial charge in [-0.1, -0.05) is 182 Å². The summed E-state index contributed by atoms with van der Waals surface area (Å²) in [6, 6.07) is 62.0. The summed E-state index contributed by atoms with van der Waals surface area (Å²) in [5.74, 6) is 0.508. The molecule has 0 N–H and O–H groups in total. The van der Waals surface area contributed by atoms with Gasteiger partial charge in [-0.25, -0.2) is 0 Å². The van der Waals surface area contributed by atoms with Crippen LogP contribution in [-0.2, 0) is 0 Å². The van der Waals surface area contributed by atoms with Crippen molar-refractivity contribution in [1.29, 1.82) is 0 Å². The van der Waals surface area contributed by atoms with Gasteiger partial charge in [-0.15, -0.1) is 0 Å². The Morgan fingerprint density at radius 3 is 1.82 bits per heavy atom. The Labute approximate surface area is 360 Å². The van der Waals surface area contributed by atoms with Gasteiger partial charge in [0, 0.05) is 11.8 Å². The number of hydrogen-bond acceptors (Lipinski definition) is 0. The maximum absolute atomic E-state index is 2.64. The van der Waals surface area contributed by atoms with Gasteiger partial charge in [-0.3, -0.25) is 0 Å². The first kappa shape index (κ1) is 33.2. The lowest BCUT2D eigenvalue weighted by atomic mass is 9.68. The summed E-state index contributed by atoms with van der Waals surface area (Å²) in [6.45, 7) is 0. The lowest BCUT2D eigenvalue weighted by molar-refractivity contribution is 0.662. The molecule has 0 amide bonds. The Morgan fingerprint density at radius 2 is 1.03 bits per heavy atom. The van der Waals surface area contributed by atoms with E-state index in [0.717, 1.165) is 12.8 Å². The Morgan fingerprint density at radius 1 is 0.387 bits per heavy atom. The van der Waals surface area contributed by atoms with Gasteiger partial charge in [-0.2, -0.15) is 0 Å². The van der Waals surface area contributed by atoms with Crippen LogP contribution >= 0.6 is 0 Å². The van der Waals surface area contributed by atoms with E-state index >= 15 is 0 Å². The summed E-state index contributed by atoms with van der Waals surface area (Å²) in [6.07, 6.45) is 14.7. The molecule has 0 bridgehead atoms. The van der Waals surface area contributed by atoms with E-state index in [2.05, 4.69) is 194 Å². The number of hydrogen-bond donors (Lipinski definition) is 0. The smallest absolute Gasteiger partial charge is 0.0206 e. The lowest BCUT2D eigenvalue weighted by Crippen LogP contribution is -2.22. The summed E-state index contributed by atoms with van der Waals surface area (Å²) in [7, 11) is 0. The fourth-order valence-electron chi connectivity index (χ4n) is 12.8. The van der Waals surface area contributed by atoms with Crippen LogP contribution in [0.3, 0.4) is 0 Å². The van der Waals surface area contributed by atoms with Crippen molar-refractivity contribution in [3.63, 3.8) is 0 Å². The van der Waals surface area contributed by atoms with Gasteiger partial charge in [0.2, 0.25) is 0 Å². The topological polar surface area (TPSA) is 0 Å². The molecule has 6 aliphatic carbocycles. The van der Waals surface area contributed by atoms with Crippen molar-refractivity contribution < 1.29 is 0 Å². The Bertz CT molecular complexity index is 3710. The van der Waals surface area contributed by atoms with Crippen LogP contribution in [0.4, 0.5) is 0 Å². The van der Waals surface area contributed by atoms with Gasteiger partial charge in [0.15, 0.2) is 0 Å². The summed E-state index contributed by atoms with van der Waals surface area (Å²) in [4.78, 5) is 0. The Hall–Kier alpha value is -7.54. The van der Waals surface area contributed by atoms with Crippen LogP contribution in [0.25, 0.3) is 116 Å². The second kappa shape index (κ2) is 12.1. The molecule has 0 aliphatic heterocycles. The molecule has 2 unspecified atom stereocenters. The number of benzene rings is 9. The van der Waals surface area contributed by atoms with Crippen LogP contribution in [0, 0.1) is 11.8 Å². The lowest BCUT2D eigenvalue weighted by Gasteiger charge is -2.35. The molecule has 6 aliphatic rings. The van der Waals surface area contributed by atoms with E-state index < -0.39 is 0 Å². The van der Waals surface area contributed by atoms with E-state index in [-0.39, 0.29) is 11.8 Å². The summed E-state index contributed by atoms with van der Waals surface area (Å²) in [5.41, 5.74) is 27.7. The van der Waals surface area contributed by atoms with Crippen molar-refractivity contribution in [1.82, 2.24) is 0 Å². The highest BCUT2D eigenvalue weighted by Crippen LogP contribution is 2.64. The van der Waals surface area contributed by atoms with Crippen LogP contribution in [0.1, 0.15) is 29.5 Å². The molecule has 2 atom stereocenters. The van der Waals surface area contributed by atoms with Gasteiger partial charge in [0.05, 0.1) is 0 Å². The van der Waals surface area contributed by atoms with Gasteiger partial charge in [0.1, 0.15) is 0 Å². The molecular formula is C62H38. The van der Waals surface area contributed by atoms with E-state index in [1.807, 2.05) is 0 Å². The minimum atomic E-state index is 0.244. The van der Waals surface area contributed by atoms with Gasteiger partial charge in [0.25, 0.3) is 0 Å². The van der Waals surface area contributed by atoms with Crippen LogP contribution < -0.4 is 0 Å². The minimum Gasteiger partial charge on any atom is -0.0760 e. The minimum absolute atomic E-state index is 0.244. The fraction of sp³-hybridized carbons (Fsp3) is 0.0645. The zero-order valence-electron chi connectivity index (χ0n) is 34.0. The van der Waals surface area contributed by atoms with Crippen molar-refractivity contribution >= 4 is 49.0 Å².